The van der Waals surface area contributed by atoms with E-state index in [2.05, 4.69) is 15.5 Å². The van der Waals surface area contributed by atoms with Gasteiger partial charge in [-0.15, -0.1) is 10.2 Å². The topological polar surface area (TPSA) is 59.8 Å². The molecule has 2 aromatic carbocycles. The number of carbonyl (C=O) groups is 1. The second-order valence-electron chi connectivity index (χ2n) is 5.70. The maximum Gasteiger partial charge on any atom is 0.234 e. The van der Waals surface area contributed by atoms with Crippen LogP contribution in [0.2, 0.25) is 0 Å². The van der Waals surface area contributed by atoms with Crippen LogP contribution in [0.3, 0.4) is 0 Å². The molecule has 8 heteroatoms. The second-order valence-corrected chi connectivity index (χ2v) is 6.64. The van der Waals surface area contributed by atoms with Crippen molar-refractivity contribution in [2.45, 2.75) is 12.1 Å². The molecule has 0 bridgehead atoms. The van der Waals surface area contributed by atoms with E-state index in [0.29, 0.717) is 11.0 Å². The molecule has 1 N–H and O–H groups in total. The average Bonchev–Trinajstić information content (AvgIpc) is 2.97. The van der Waals surface area contributed by atoms with E-state index in [1.54, 1.807) is 4.57 Å². The Morgan fingerprint density at radius 1 is 1.19 bits per heavy atom. The molecule has 1 aromatic heterocycles. The van der Waals surface area contributed by atoms with Gasteiger partial charge in [0.05, 0.1) is 11.4 Å². The monoisotopic (exact) mass is 374 g/mol. The highest BCUT2D eigenvalue weighted by molar-refractivity contribution is 7.99. The van der Waals surface area contributed by atoms with Crippen LogP contribution in [0.15, 0.2) is 47.6 Å². The zero-order chi connectivity index (χ0) is 18.7. The van der Waals surface area contributed by atoms with Crippen molar-refractivity contribution in [3.63, 3.8) is 0 Å². The summed E-state index contributed by atoms with van der Waals surface area (Å²) in [4.78, 5) is 12.0. The van der Waals surface area contributed by atoms with Crippen LogP contribution in [0.5, 0.6) is 0 Å². The SMILES string of the molecule is Cc1cccc(-c2nnc(SCC(=O)Nc3cc(F)ccc3F)n2C)c1. The summed E-state index contributed by atoms with van der Waals surface area (Å²) in [6, 6.07) is 10.8. The Kier molecular flexibility index (Phi) is 5.32. The van der Waals surface area contributed by atoms with Crippen molar-refractivity contribution in [1.29, 1.82) is 0 Å². The van der Waals surface area contributed by atoms with Crippen molar-refractivity contribution >= 4 is 23.4 Å². The molecule has 0 aliphatic heterocycles. The quantitative estimate of drug-likeness (QED) is 0.690. The van der Waals surface area contributed by atoms with Gasteiger partial charge >= 0.3 is 0 Å². The lowest BCUT2D eigenvalue weighted by Crippen LogP contribution is -2.15. The molecule has 0 aliphatic rings. The summed E-state index contributed by atoms with van der Waals surface area (Å²) in [5, 5.41) is 11.2. The predicted molar refractivity (Wildman–Crippen MR) is 96.9 cm³/mol. The highest BCUT2D eigenvalue weighted by Gasteiger charge is 2.14. The van der Waals surface area contributed by atoms with E-state index in [1.165, 1.54) is 11.8 Å². The van der Waals surface area contributed by atoms with E-state index in [-0.39, 0.29) is 11.4 Å². The fourth-order valence-corrected chi connectivity index (χ4v) is 3.10. The maximum absolute atomic E-state index is 13.6. The summed E-state index contributed by atoms with van der Waals surface area (Å²) >= 11 is 1.17. The Morgan fingerprint density at radius 2 is 2.00 bits per heavy atom. The molecular weight excluding hydrogens is 358 g/mol. The van der Waals surface area contributed by atoms with E-state index >= 15 is 0 Å². The van der Waals surface area contributed by atoms with Crippen molar-refractivity contribution in [3.8, 4) is 11.4 Å². The number of aryl methyl sites for hydroxylation is 1. The molecule has 3 aromatic rings. The van der Waals surface area contributed by atoms with Gasteiger partial charge in [-0.1, -0.05) is 35.5 Å². The number of hydrogen-bond acceptors (Lipinski definition) is 4. The molecule has 26 heavy (non-hydrogen) atoms. The molecular formula is C18H16F2N4OS. The molecule has 0 fully saturated rings. The Morgan fingerprint density at radius 3 is 2.77 bits per heavy atom. The Hall–Kier alpha value is -2.74. The minimum absolute atomic E-state index is 0.00422. The van der Waals surface area contributed by atoms with Gasteiger partial charge < -0.3 is 9.88 Å². The van der Waals surface area contributed by atoms with Gasteiger partial charge in [-0.3, -0.25) is 4.79 Å². The van der Waals surface area contributed by atoms with Crippen LogP contribution in [0, 0.1) is 18.6 Å². The molecule has 3 rings (SSSR count). The summed E-state index contributed by atoms with van der Waals surface area (Å²) in [5.74, 6) is -1.08. The minimum Gasteiger partial charge on any atom is -0.323 e. The molecule has 0 saturated heterocycles. The Labute approximate surface area is 153 Å². The van der Waals surface area contributed by atoms with Crippen LogP contribution < -0.4 is 5.32 Å². The molecule has 1 heterocycles. The number of anilines is 1. The van der Waals surface area contributed by atoms with Crippen molar-refractivity contribution < 1.29 is 13.6 Å². The number of benzene rings is 2. The summed E-state index contributed by atoms with van der Waals surface area (Å²) in [7, 11) is 1.81. The fourth-order valence-electron chi connectivity index (χ4n) is 2.39. The van der Waals surface area contributed by atoms with E-state index in [0.717, 1.165) is 29.3 Å². The molecule has 0 aliphatic carbocycles. The number of rotatable bonds is 5. The number of nitrogens with one attached hydrogen (secondary N) is 1. The standard InChI is InChI=1S/C18H16F2N4OS/c1-11-4-3-5-12(8-11)17-22-23-18(24(17)2)26-10-16(25)21-15-9-13(19)6-7-14(15)20/h3-9H,10H2,1-2H3,(H,21,25). The maximum atomic E-state index is 13.6. The molecule has 0 radical (unpaired) electrons. The van der Waals surface area contributed by atoms with Gasteiger partial charge in [-0.05, 0) is 25.1 Å². The number of thioether (sulfide) groups is 1. The first kappa shape index (κ1) is 18.1. The van der Waals surface area contributed by atoms with Crippen LogP contribution >= 0.6 is 11.8 Å². The first-order valence-electron chi connectivity index (χ1n) is 7.78. The lowest BCUT2D eigenvalue weighted by Gasteiger charge is -2.07. The highest BCUT2D eigenvalue weighted by atomic mass is 32.2. The summed E-state index contributed by atoms with van der Waals surface area (Å²) in [5.41, 5.74) is 1.85. The largest absolute Gasteiger partial charge is 0.323 e. The lowest BCUT2D eigenvalue weighted by molar-refractivity contribution is -0.113. The number of nitrogens with zero attached hydrogens (tertiary/aromatic N) is 3. The number of aromatic nitrogens is 3. The number of carbonyl (C=O) groups excluding carboxylic acids is 1. The summed E-state index contributed by atoms with van der Waals surface area (Å²) in [6.45, 7) is 1.99. The van der Waals surface area contributed by atoms with Crippen LogP contribution in [0.25, 0.3) is 11.4 Å². The third-order valence-electron chi connectivity index (χ3n) is 3.65. The normalized spacial score (nSPS) is 10.8. The Balaban J connectivity index is 1.67. The first-order chi connectivity index (χ1) is 12.4. The molecule has 1 amide bonds. The zero-order valence-corrected chi connectivity index (χ0v) is 15.0. The molecule has 0 unspecified atom stereocenters. The Bertz CT molecular complexity index is 958. The smallest absolute Gasteiger partial charge is 0.234 e. The van der Waals surface area contributed by atoms with Crippen LogP contribution in [0.1, 0.15) is 5.56 Å². The van der Waals surface area contributed by atoms with Crippen LogP contribution in [0.4, 0.5) is 14.5 Å². The summed E-state index contributed by atoms with van der Waals surface area (Å²) in [6.07, 6.45) is 0. The van der Waals surface area contributed by atoms with E-state index in [9.17, 15) is 13.6 Å². The molecule has 0 atom stereocenters. The number of amides is 1. The van der Waals surface area contributed by atoms with Crippen LogP contribution in [-0.2, 0) is 11.8 Å². The highest BCUT2D eigenvalue weighted by Crippen LogP contribution is 2.23. The minimum atomic E-state index is -0.690. The van der Waals surface area contributed by atoms with Crippen molar-refractivity contribution in [3.05, 3.63) is 59.7 Å². The molecule has 5 nitrogen and oxygen atoms in total. The van der Waals surface area contributed by atoms with Gasteiger partial charge in [-0.25, -0.2) is 8.78 Å². The van der Waals surface area contributed by atoms with Gasteiger partial charge in [0, 0.05) is 18.7 Å². The average molecular weight is 374 g/mol. The third kappa shape index (κ3) is 4.08. The third-order valence-corrected chi connectivity index (χ3v) is 4.67. The van der Waals surface area contributed by atoms with E-state index in [1.807, 2.05) is 38.2 Å². The zero-order valence-electron chi connectivity index (χ0n) is 14.2. The van der Waals surface area contributed by atoms with Crippen molar-refractivity contribution in [2.24, 2.45) is 7.05 Å². The van der Waals surface area contributed by atoms with Crippen molar-refractivity contribution in [2.75, 3.05) is 11.1 Å². The fraction of sp³-hybridized carbons (Fsp3) is 0.167. The van der Waals surface area contributed by atoms with Gasteiger partial charge in [0.2, 0.25) is 5.91 Å². The van der Waals surface area contributed by atoms with Crippen LogP contribution in [-0.4, -0.2) is 26.4 Å². The van der Waals surface area contributed by atoms with Gasteiger partial charge in [0.15, 0.2) is 11.0 Å². The van der Waals surface area contributed by atoms with E-state index < -0.39 is 17.5 Å². The number of halogens is 2. The lowest BCUT2D eigenvalue weighted by atomic mass is 10.1. The van der Waals surface area contributed by atoms with Gasteiger partial charge in [0.25, 0.3) is 0 Å². The van der Waals surface area contributed by atoms with Crippen molar-refractivity contribution in [1.82, 2.24) is 14.8 Å². The van der Waals surface area contributed by atoms with Gasteiger partial charge in [-0.2, -0.15) is 0 Å². The predicted octanol–water partition coefficient (Wildman–Crippen LogP) is 3.80. The molecule has 134 valence electrons. The van der Waals surface area contributed by atoms with Gasteiger partial charge in [0.1, 0.15) is 11.6 Å². The molecule has 0 saturated carbocycles. The van der Waals surface area contributed by atoms with E-state index in [4.69, 9.17) is 0 Å². The summed E-state index contributed by atoms with van der Waals surface area (Å²) < 4.78 is 28.5. The second kappa shape index (κ2) is 7.65. The number of hydrogen-bond donors (Lipinski definition) is 1. The first-order valence-corrected chi connectivity index (χ1v) is 8.77. The molecule has 0 spiro atoms.